The highest BCUT2D eigenvalue weighted by Gasteiger charge is 2.43. The minimum atomic E-state index is -0.563. The first-order valence-electron chi connectivity index (χ1n) is 7.73. The molecule has 0 radical (unpaired) electrons. The van der Waals surface area contributed by atoms with Crippen LogP contribution in [0.1, 0.15) is 48.2 Å². The summed E-state index contributed by atoms with van der Waals surface area (Å²) in [5.41, 5.74) is 7.15. The highest BCUT2D eigenvalue weighted by atomic mass is 16.3. The molecule has 2 fully saturated rings. The Hall–Kier alpha value is -1.62. The number of amides is 1. The number of nitrogens with two attached hydrogens (primary N) is 1. The van der Waals surface area contributed by atoms with Crippen molar-refractivity contribution in [2.75, 3.05) is 18.8 Å². The fraction of sp³-hybridized carbons (Fsp3) is 0.625. The third-order valence-electron chi connectivity index (χ3n) is 5.02. The van der Waals surface area contributed by atoms with E-state index in [-0.39, 0.29) is 11.8 Å². The number of carbonyl (C=O) groups is 1. The monoisotopic (exact) mass is 289 g/mol. The van der Waals surface area contributed by atoms with Crippen LogP contribution >= 0.6 is 0 Å². The molecule has 1 saturated heterocycles. The quantitative estimate of drug-likeness (QED) is 0.825. The van der Waals surface area contributed by atoms with Crippen LogP contribution in [0, 0.1) is 12.8 Å². The minimum Gasteiger partial charge on any atom is -0.398 e. The number of carbonyl (C=O) groups excluding carboxylic acids is 1. The summed E-state index contributed by atoms with van der Waals surface area (Å²) in [6, 6.07) is 1.73. The first kappa shape index (κ1) is 14.3. The first-order chi connectivity index (χ1) is 9.99. The molecule has 5 heteroatoms. The zero-order valence-electron chi connectivity index (χ0n) is 12.5. The van der Waals surface area contributed by atoms with Gasteiger partial charge in [0.25, 0.3) is 5.91 Å². The normalized spacial score (nSPS) is 29.0. The highest BCUT2D eigenvalue weighted by Crippen LogP contribution is 2.40. The summed E-state index contributed by atoms with van der Waals surface area (Å²) < 4.78 is 0. The first-order valence-corrected chi connectivity index (χ1v) is 7.73. The van der Waals surface area contributed by atoms with E-state index in [1.807, 2.05) is 11.8 Å². The van der Waals surface area contributed by atoms with E-state index in [1.54, 1.807) is 12.3 Å². The van der Waals surface area contributed by atoms with Crippen LogP contribution in [0.3, 0.4) is 0 Å². The van der Waals surface area contributed by atoms with Crippen molar-refractivity contribution in [3.8, 4) is 0 Å². The molecule has 0 bridgehead atoms. The van der Waals surface area contributed by atoms with Crippen LogP contribution in [0.2, 0.25) is 0 Å². The van der Waals surface area contributed by atoms with Crippen molar-refractivity contribution >= 4 is 11.6 Å². The molecule has 2 atom stereocenters. The fourth-order valence-electron chi connectivity index (χ4n) is 3.69. The van der Waals surface area contributed by atoms with Crippen LogP contribution < -0.4 is 5.73 Å². The standard InChI is InChI=1S/C16H23N3O2/c1-11-8-14(17)13(9-18-11)15(20)19-7-6-16(21)5-3-2-4-12(16)10-19/h8-9,12,21H,2-7,10H2,1H3,(H2,17,18). The van der Waals surface area contributed by atoms with Crippen molar-refractivity contribution in [2.45, 2.75) is 44.6 Å². The number of hydrogen-bond acceptors (Lipinski definition) is 4. The smallest absolute Gasteiger partial charge is 0.257 e. The molecule has 1 saturated carbocycles. The van der Waals surface area contributed by atoms with Gasteiger partial charge < -0.3 is 15.7 Å². The number of aromatic nitrogens is 1. The number of aliphatic hydroxyl groups is 1. The number of hydrogen-bond donors (Lipinski definition) is 2. The third-order valence-corrected chi connectivity index (χ3v) is 5.02. The fourth-order valence-corrected chi connectivity index (χ4v) is 3.69. The molecule has 114 valence electrons. The van der Waals surface area contributed by atoms with Gasteiger partial charge in [-0.1, -0.05) is 12.8 Å². The van der Waals surface area contributed by atoms with Crippen molar-refractivity contribution in [3.05, 3.63) is 23.5 Å². The van der Waals surface area contributed by atoms with E-state index in [0.717, 1.165) is 31.4 Å². The van der Waals surface area contributed by atoms with Crippen molar-refractivity contribution in [3.63, 3.8) is 0 Å². The average molecular weight is 289 g/mol. The lowest BCUT2D eigenvalue weighted by atomic mass is 9.71. The summed E-state index contributed by atoms with van der Waals surface area (Å²) >= 11 is 0. The molecule has 3 rings (SSSR count). The Morgan fingerprint density at radius 2 is 2.29 bits per heavy atom. The molecule has 21 heavy (non-hydrogen) atoms. The Bertz CT molecular complexity index is 560. The van der Waals surface area contributed by atoms with Crippen LogP contribution in [0.5, 0.6) is 0 Å². The predicted octanol–water partition coefficient (Wildman–Crippen LogP) is 1.74. The number of piperidine rings is 1. The maximum absolute atomic E-state index is 12.6. The van der Waals surface area contributed by atoms with E-state index in [0.29, 0.717) is 30.8 Å². The Balaban J connectivity index is 1.77. The van der Waals surface area contributed by atoms with Gasteiger partial charge in [0.2, 0.25) is 0 Å². The third kappa shape index (κ3) is 2.62. The van der Waals surface area contributed by atoms with E-state index < -0.39 is 5.60 Å². The van der Waals surface area contributed by atoms with Crippen LogP contribution in [0.25, 0.3) is 0 Å². The van der Waals surface area contributed by atoms with Crippen LogP contribution in [0.4, 0.5) is 5.69 Å². The lowest BCUT2D eigenvalue weighted by molar-refractivity contribution is -0.0886. The van der Waals surface area contributed by atoms with Crippen molar-refractivity contribution in [2.24, 2.45) is 5.92 Å². The zero-order valence-corrected chi connectivity index (χ0v) is 12.5. The zero-order chi connectivity index (χ0) is 15.0. The molecule has 1 amide bonds. The maximum Gasteiger partial charge on any atom is 0.257 e. The molecule has 2 heterocycles. The molecule has 3 N–H and O–H groups in total. The second kappa shape index (κ2) is 5.30. The van der Waals surface area contributed by atoms with Gasteiger partial charge in [0.15, 0.2) is 0 Å². The SMILES string of the molecule is Cc1cc(N)c(C(=O)N2CCC3(O)CCCCC3C2)cn1. The topological polar surface area (TPSA) is 79.5 Å². The highest BCUT2D eigenvalue weighted by molar-refractivity contribution is 5.98. The van der Waals surface area contributed by atoms with Gasteiger partial charge in [-0.3, -0.25) is 9.78 Å². The molecule has 2 unspecified atom stereocenters. The van der Waals surface area contributed by atoms with Crippen LogP contribution in [0.15, 0.2) is 12.3 Å². The van der Waals surface area contributed by atoms with Gasteiger partial charge in [-0.05, 0) is 32.3 Å². The number of pyridine rings is 1. The molecule has 0 spiro atoms. The summed E-state index contributed by atoms with van der Waals surface area (Å²) in [7, 11) is 0. The van der Waals surface area contributed by atoms with Crippen LogP contribution in [-0.4, -0.2) is 39.6 Å². The number of likely N-dealkylation sites (tertiary alicyclic amines) is 1. The Labute approximate surface area is 125 Å². The number of fused-ring (bicyclic) bond motifs is 1. The number of nitrogens with zero attached hydrogens (tertiary/aromatic N) is 2. The van der Waals surface area contributed by atoms with Crippen molar-refractivity contribution < 1.29 is 9.90 Å². The molecule has 1 aromatic heterocycles. The van der Waals surface area contributed by atoms with Gasteiger partial charge in [0, 0.05) is 36.6 Å². The largest absolute Gasteiger partial charge is 0.398 e. The maximum atomic E-state index is 12.6. The molecular weight excluding hydrogens is 266 g/mol. The van der Waals surface area contributed by atoms with Gasteiger partial charge in [-0.15, -0.1) is 0 Å². The lowest BCUT2D eigenvalue weighted by Crippen LogP contribution is -2.54. The van der Waals surface area contributed by atoms with Gasteiger partial charge in [0.05, 0.1) is 11.2 Å². The van der Waals surface area contributed by atoms with Crippen LogP contribution in [-0.2, 0) is 0 Å². The summed E-state index contributed by atoms with van der Waals surface area (Å²) in [4.78, 5) is 18.6. The van der Waals surface area contributed by atoms with E-state index in [1.165, 1.54) is 0 Å². The molecule has 5 nitrogen and oxygen atoms in total. The Morgan fingerprint density at radius 3 is 3.05 bits per heavy atom. The van der Waals surface area contributed by atoms with Crippen molar-refractivity contribution in [1.29, 1.82) is 0 Å². The van der Waals surface area contributed by atoms with E-state index >= 15 is 0 Å². The van der Waals surface area contributed by atoms with E-state index in [2.05, 4.69) is 4.98 Å². The molecule has 2 aliphatic rings. The number of rotatable bonds is 1. The number of anilines is 1. The summed E-state index contributed by atoms with van der Waals surface area (Å²) in [6.07, 6.45) is 6.34. The Morgan fingerprint density at radius 1 is 1.48 bits per heavy atom. The summed E-state index contributed by atoms with van der Waals surface area (Å²) in [5, 5.41) is 10.7. The molecule has 0 aromatic carbocycles. The molecule has 1 aromatic rings. The molecular formula is C16H23N3O2. The lowest BCUT2D eigenvalue weighted by Gasteiger charge is -2.47. The number of nitrogen functional groups attached to an aromatic ring is 1. The van der Waals surface area contributed by atoms with Gasteiger partial charge in [-0.2, -0.15) is 0 Å². The average Bonchev–Trinajstić information content (AvgIpc) is 2.45. The second-order valence-corrected chi connectivity index (χ2v) is 6.46. The van der Waals surface area contributed by atoms with Gasteiger partial charge in [-0.25, -0.2) is 0 Å². The van der Waals surface area contributed by atoms with Gasteiger partial charge in [0.1, 0.15) is 0 Å². The minimum absolute atomic E-state index is 0.0624. The molecule has 1 aliphatic carbocycles. The van der Waals surface area contributed by atoms with E-state index in [4.69, 9.17) is 5.73 Å². The van der Waals surface area contributed by atoms with Gasteiger partial charge >= 0.3 is 0 Å². The Kier molecular flexibility index (Phi) is 3.61. The summed E-state index contributed by atoms with van der Waals surface area (Å²) in [6.45, 7) is 3.08. The number of aryl methyl sites for hydroxylation is 1. The second-order valence-electron chi connectivity index (χ2n) is 6.46. The predicted molar refractivity (Wildman–Crippen MR) is 80.8 cm³/mol. The van der Waals surface area contributed by atoms with Crippen molar-refractivity contribution in [1.82, 2.24) is 9.88 Å². The molecule has 1 aliphatic heterocycles. The summed E-state index contributed by atoms with van der Waals surface area (Å²) in [5.74, 6) is 0.135. The van der Waals surface area contributed by atoms with E-state index in [9.17, 15) is 9.90 Å².